The minimum atomic E-state index is 0.604. The second-order valence-corrected chi connectivity index (χ2v) is 5.07. The Balaban J connectivity index is 1.88. The number of allylic oxidation sites excluding steroid dienone is 1. The first-order valence-electron chi connectivity index (χ1n) is 7.09. The number of hydrogen-bond acceptors (Lipinski definition) is 2. The van der Waals surface area contributed by atoms with Gasteiger partial charge in [-0.15, -0.1) is 0 Å². The molecular weight excluding hydrogens is 272 g/mol. The number of aromatic nitrogens is 1. The molecule has 1 heterocycles. The molecule has 0 atom stereocenters. The molecular formula is C19H16N2O. The molecule has 1 aromatic heterocycles. The van der Waals surface area contributed by atoms with Gasteiger partial charge < -0.3 is 9.30 Å². The SMILES string of the molecule is COc1ccc(C/C(C#N)=C/n2ccc3ccccc32)cc1. The number of ether oxygens (including phenoxy) is 1. The largest absolute Gasteiger partial charge is 0.497 e. The fourth-order valence-electron chi connectivity index (χ4n) is 2.46. The Kier molecular flexibility index (Phi) is 3.93. The van der Waals surface area contributed by atoms with Gasteiger partial charge in [0.05, 0.1) is 24.3 Å². The second-order valence-electron chi connectivity index (χ2n) is 5.07. The van der Waals surface area contributed by atoms with E-state index in [-0.39, 0.29) is 0 Å². The molecule has 3 nitrogen and oxygen atoms in total. The van der Waals surface area contributed by atoms with Crippen LogP contribution in [0, 0.1) is 11.3 Å². The fraction of sp³-hybridized carbons (Fsp3) is 0.105. The standard InChI is InChI=1S/C19H16N2O/c1-22-18-8-6-15(7-9-18)12-16(13-20)14-21-11-10-17-4-2-3-5-19(17)21/h2-11,14H,12H2,1H3/b16-14-. The average Bonchev–Trinajstić information content (AvgIpc) is 2.98. The Morgan fingerprint density at radius 2 is 1.91 bits per heavy atom. The van der Waals surface area contributed by atoms with Crippen molar-refractivity contribution in [3.8, 4) is 11.8 Å². The van der Waals surface area contributed by atoms with Crippen LogP contribution in [0.5, 0.6) is 5.75 Å². The van der Waals surface area contributed by atoms with E-state index in [2.05, 4.69) is 12.1 Å². The summed E-state index contributed by atoms with van der Waals surface area (Å²) in [5, 5.41) is 10.6. The van der Waals surface area contributed by atoms with Crippen LogP contribution in [0.2, 0.25) is 0 Å². The van der Waals surface area contributed by atoms with E-state index in [4.69, 9.17) is 4.74 Å². The molecule has 0 radical (unpaired) electrons. The van der Waals surface area contributed by atoms with E-state index in [9.17, 15) is 5.26 Å². The monoisotopic (exact) mass is 288 g/mol. The highest BCUT2D eigenvalue weighted by Gasteiger charge is 2.02. The molecule has 3 aromatic rings. The van der Waals surface area contributed by atoms with E-state index in [1.165, 1.54) is 5.39 Å². The number of rotatable bonds is 4. The fourth-order valence-corrected chi connectivity index (χ4v) is 2.46. The van der Waals surface area contributed by atoms with Crippen LogP contribution in [0.3, 0.4) is 0 Å². The van der Waals surface area contributed by atoms with Crippen LogP contribution >= 0.6 is 0 Å². The molecule has 108 valence electrons. The van der Waals surface area contributed by atoms with Crippen molar-refractivity contribution >= 4 is 17.1 Å². The lowest BCUT2D eigenvalue weighted by atomic mass is 10.1. The van der Waals surface area contributed by atoms with Crippen molar-refractivity contribution in [3.05, 3.63) is 71.9 Å². The van der Waals surface area contributed by atoms with Crippen LogP contribution in [-0.4, -0.2) is 11.7 Å². The van der Waals surface area contributed by atoms with Crippen LogP contribution in [0.15, 0.2) is 66.4 Å². The topological polar surface area (TPSA) is 37.9 Å². The molecule has 3 rings (SSSR count). The van der Waals surface area contributed by atoms with E-state index in [1.807, 2.05) is 65.5 Å². The van der Waals surface area contributed by atoms with Gasteiger partial charge >= 0.3 is 0 Å². The van der Waals surface area contributed by atoms with E-state index in [0.29, 0.717) is 12.0 Å². The zero-order valence-electron chi connectivity index (χ0n) is 12.4. The van der Waals surface area contributed by atoms with E-state index in [0.717, 1.165) is 16.8 Å². The van der Waals surface area contributed by atoms with Crippen molar-refractivity contribution in [3.63, 3.8) is 0 Å². The van der Waals surface area contributed by atoms with E-state index in [1.54, 1.807) is 7.11 Å². The van der Waals surface area contributed by atoms with Crippen LogP contribution in [0.4, 0.5) is 0 Å². The first-order chi connectivity index (χ1) is 10.8. The first kappa shape index (κ1) is 14.0. The Morgan fingerprint density at radius 3 is 2.64 bits per heavy atom. The first-order valence-corrected chi connectivity index (χ1v) is 7.09. The van der Waals surface area contributed by atoms with Crippen molar-refractivity contribution in [2.45, 2.75) is 6.42 Å². The molecule has 0 bridgehead atoms. The molecule has 0 amide bonds. The zero-order valence-corrected chi connectivity index (χ0v) is 12.4. The quantitative estimate of drug-likeness (QED) is 0.673. The number of nitriles is 1. The summed E-state index contributed by atoms with van der Waals surface area (Å²) in [6, 6.07) is 20.3. The van der Waals surface area contributed by atoms with Gasteiger partial charge in [-0.2, -0.15) is 5.26 Å². The maximum Gasteiger partial charge on any atom is 0.118 e. The summed E-state index contributed by atoms with van der Waals surface area (Å²) in [7, 11) is 1.65. The number of methoxy groups -OCH3 is 1. The maximum absolute atomic E-state index is 9.40. The summed E-state index contributed by atoms with van der Waals surface area (Å²) in [6.07, 6.45) is 4.48. The summed E-state index contributed by atoms with van der Waals surface area (Å²) in [5.74, 6) is 0.822. The Labute approximate surface area is 129 Å². The second kappa shape index (κ2) is 6.19. The van der Waals surface area contributed by atoms with Crippen molar-refractivity contribution in [2.24, 2.45) is 0 Å². The third-order valence-electron chi connectivity index (χ3n) is 3.62. The third-order valence-corrected chi connectivity index (χ3v) is 3.62. The molecule has 0 spiro atoms. The molecule has 0 aliphatic carbocycles. The number of para-hydroxylation sites is 1. The predicted octanol–water partition coefficient (Wildman–Crippen LogP) is 4.26. The van der Waals surface area contributed by atoms with Gasteiger partial charge in [0, 0.05) is 18.8 Å². The van der Waals surface area contributed by atoms with Crippen LogP contribution in [0.25, 0.3) is 17.1 Å². The van der Waals surface area contributed by atoms with Gasteiger partial charge in [-0.3, -0.25) is 0 Å². The summed E-state index contributed by atoms with van der Waals surface area (Å²) >= 11 is 0. The average molecular weight is 288 g/mol. The molecule has 2 aromatic carbocycles. The summed E-state index contributed by atoms with van der Waals surface area (Å²) in [6.45, 7) is 0. The van der Waals surface area contributed by atoms with Gasteiger partial charge in [-0.1, -0.05) is 30.3 Å². The highest BCUT2D eigenvalue weighted by atomic mass is 16.5. The lowest BCUT2D eigenvalue weighted by Crippen LogP contribution is -1.92. The van der Waals surface area contributed by atoms with Crippen LogP contribution in [0.1, 0.15) is 5.56 Å². The molecule has 0 unspecified atom stereocenters. The van der Waals surface area contributed by atoms with E-state index < -0.39 is 0 Å². The molecule has 0 saturated carbocycles. The normalized spacial score (nSPS) is 11.4. The minimum Gasteiger partial charge on any atom is -0.497 e. The zero-order chi connectivity index (χ0) is 15.4. The van der Waals surface area contributed by atoms with E-state index >= 15 is 0 Å². The third kappa shape index (κ3) is 2.87. The lowest BCUT2D eigenvalue weighted by Gasteiger charge is -2.04. The number of benzene rings is 2. The Morgan fingerprint density at radius 1 is 1.14 bits per heavy atom. The van der Waals surface area contributed by atoms with Crippen molar-refractivity contribution in [2.75, 3.05) is 7.11 Å². The molecule has 22 heavy (non-hydrogen) atoms. The van der Waals surface area contributed by atoms with Crippen molar-refractivity contribution < 1.29 is 4.74 Å². The molecule has 3 heteroatoms. The predicted molar refractivity (Wildman–Crippen MR) is 88.5 cm³/mol. The van der Waals surface area contributed by atoms with Gasteiger partial charge in [-0.25, -0.2) is 0 Å². The summed E-state index contributed by atoms with van der Waals surface area (Å²) in [5.41, 5.74) is 2.90. The van der Waals surface area contributed by atoms with Crippen molar-refractivity contribution in [1.82, 2.24) is 4.57 Å². The molecule has 0 saturated heterocycles. The highest BCUT2D eigenvalue weighted by molar-refractivity contribution is 5.82. The van der Waals surface area contributed by atoms with Gasteiger partial charge in [0.2, 0.25) is 0 Å². The lowest BCUT2D eigenvalue weighted by molar-refractivity contribution is 0.414. The number of fused-ring (bicyclic) bond motifs is 1. The van der Waals surface area contributed by atoms with Gasteiger partial charge in [0.1, 0.15) is 5.75 Å². The van der Waals surface area contributed by atoms with Crippen LogP contribution in [-0.2, 0) is 6.42 Å². The molecule has 0 N–H and O–H groups in total. The highest BCUT2D eigenvalue weighted by Crippen LogP contribution is 2.18. The Bertz CT molecular complexity index is 851. The smallest absolute Gasteiger partial charge is 0.118 e. The van der Waals surface area contributed by atoms with Gasteiger partial charge in [-0.05, 0) is 35.2 Å². The molecule has 0 aliphatic rings. The van der Waals surface area contributed by atoms with Crippen LogP contribution < -0.4 is 4.74 Å². The number of hydrogen-bond donors (Lipinski definition) is 0. The summed E-state index contributed by atoms with van der Waals surface area (Å²) in [4.78, 5) is 0. The van der Waals surface area contributed by atoms with Gasteiger partial charge in [0.15, 0.2) is 0 Å². The Hall–Kier alpha value is -2.99. The number of nitrogens with zero attached hydrogens (tertiary/aromatic N) is 2. The summed E-state index contributed by atoms with van der Waals surface area (Å²) < 4.78 is 7.15. The minimum absolute atomic E-state index is 0.604. The molecule has 0 fully saturated rings. The van der Waals surface area contributed by atoms with Crippen molar-refractivity contribution in [1.29, 1.82) is 5.26 Å². The van der Waals surface area contributed by atoms with Gasteiger partial charge in [0.25, 0.3) is 0 Å². The maximum atomic E-state index is 9.40. The molecule has 0 aliphatic heterocycles.